The van der Waals surface area contributed by atoms with Crippen molar-refractivity contribution in [3.63, 3.8) is 0 Å². The van der Waals surface area contributed by atoms with Crippen molar-refractivity contribution in [1.82, 2.24) is 15.1 Å². The highest BCUT2D eigenvalue weighted by molar-refractivity contribution is 5.94. The Morgan fingerprint density at radius 3 is 2.65 bits per heavy atom. The second-order valence-electron chi connectivity index (χ2n) is 4.53. The van der Waals surface area contributed by atoms with Gasteiger partial charge in [-0.15, -0.1) is 0 Å². The van der Waals surface area contributed by atoms with Crippen molar-refractivity contribution in [2.75, 3.05) is 13.7 Å². The number of aromatic nitrogens is 2. The van der Waals surface area contributed by atoms with Gasteiger partial charge >= 0.3 is 0 Å². The lowest BCUT2D eigenvalue weighted by molar-refractivity contribution is 0.0952. The highest BCUT2D eigenvalue weighted by Crippen LogP contribution is 2.11. The molecule has 20 heavy (non-hydrogen) atoms. The molecular weight excluding hydrogens is 254 g/mol. The standard InChI is InChI=1S/C15H19N3O2/c1-12-8-10-17-18(12)11-3-9-16-15(19)13-4-6-14(20-2)7-5-13/h4-8,10H,3,9,11H2,1-2H3,(H,16,19). The molecule has 0 fully saturated rings. The van der Waals surface area contributed by atoms with E-state index in [0.717, 1.165) is 24.4 Å². The highest BCUT2D eigenvalue weighted by Gasteiger charge is 2.05. The van der Waals surface area contributed by atoms with E-state index >= 15 is 0 Å². The zero-order valence-electron chi connectivity index (χ0n) is 11.8. The molecule has 0 aliphatic carbocycles. The van der Waals surface area contributed by atoms with Crippen molar-refractivity contribution in [3.8, 4) is 5.75 Å². The van der Waals surface area contributed by atoms with Crippen LogP contribution in [0.15, 0.2) is 36.5 Å². The minimum atomic E-state index is -0.0650. The molecule has 0 bridgehead atoms. The summed E-state index contributed by atoms with van der Waals surface area (Å²) in [6, 6.07) is 9.04. The molecular formula is C15H19N3O2. The Kier molecular flexibility index (Phi) is 4.76. The van der Waals surface area contributed by atoms with Gasteiger partial charge in [-0.3, -0.25) is 9.48 Å². The third-order valence-electron chi connectivity index (χ3n) is 3.11. The molecule has 0 atom stereocenters. The van der Waals surface area contributed by atoms with Gasteiger partial charge in [0.1, 0.15) is 5.75 Å². The van der Waals surface area contributed by atoms with Crippen molar-refractivity contribution in [3.05, 3.63) is 47.8 Å². The molecule has 1 aromatic heterocycles. The third-order valence-corrected chi connectivity index (χ3v) is 3.11. The van der Waals surface area contributed by atoms with Crippen LogP contribution in [0, 0.1) is 6.92 Å². The Morgan fingerprint density at radius 2 is 2.05 bits per heavy atom. The smallest absolute Gasteiger partial charge is 0.251 e. The summed E-state index contributed by atoms with van der Waals surface area (Å²) in [5.41, 5.74) is 1.77. The van der Waals surface area contributed by atoms with E-state index in [1.807, 2.05) is 17.7 Å². The van der Waals surface area contributed by atoms with Gasteiger partial charge in [0.05, 0.1) is 7.11 Å². The highest BCUT2D eigenvalue weighted by atomic mass is 16.5. The molecule has 1 N–H and O–H groups in total. The van der Waals surface area contributed by atoms with Crippen molar-refractivity contribution in [2.24, 2.45) is 0 Å². The second-order valence-corrected chi connectivity index (χ2v) is 4.53. The lowest BCUT2D eigenvalue weighted by Gasteiger charge is -2.07. The Hall–Kier alpha value is -2.30. The molecule has 2 rings (SSSR count). The lowest BCUT2D eigenvalue weighted by Crippen LogP contribution is -2.25. The third kappa shape index (κ3) is 3.60. The van der Waals surface area contributed by atoms with Gasteiger partial charge in [-0.25, -0.2) is 0 Å². The van der Waals surface area contributed by atoms with E-state index in [2.05, 4.69) is 10.4 Å². The number of aryl methyl sites for hydroxylation is 2. The van der Waals surface area contributed by atoms with Gasteiger partial charge in [0, 0.05) is 30.5 Å². The monoisotopic (exact) mass is 273 g/mol. The molecule has 5 nitrogen and oxygen atoms in total. The average Bonchev–Trinajstić information content (AvgIpc) is 2.89. The van der Waals surface area contributed by atoms with E-state index in [9.17, 15) is 4.79 Å². The summed E-state index contributed by atoms with van der Waals surface area (Å²) in [6.07, 6.45) is 2.63. The first-order valence-electron chi connectivity index (χ1n) is 6.61. The summed E-state index contributed by atoms with van der Waals surface area (Å²) < 4.78 is 6.99. The number of hydrogen-bond acceptors (Lipinski definition) is 3. The minimum Gasteiger partial charge on any atom is -0.497 e. The fourth-order valence-corrected chi connectivity index (χ4v) is 1.91. The summed E-state index contributed by atoms with van der Waals surface area (Å²) >= 11 is 0. The maximum atomic E-state index is 11.9. The quantitative estimate of drug-likeness (QED) is 0.819. The van der Waals surface area contributed by atoms with Crippen LogP contribution in [0.25, 0.3) is 0 Å². The van der Waals surface area contributed by atoms with Gasteiger partial charge < -0.3 is 10.1 Å². The minimum absolute atomic E-state index is 0.0650. The molecule has 5 heteroatoms. The molecule has 1 amide bonds. The number of nitrogens with one attached hydrogen (secondary N) is 1. The maximum Gasteiger partial charge on any atom is 0.251 e. The average molecular weight is 273 g/mol. The number of amides is 1. The van der Waals surface area contributed by atoms with Gasteiger partial charge in [-0.1, -0.05) is 0 Å². The zero-order chi connectivity index (χ0) is 14.4. The molecule has 0 saturated heterocycles. The predicted octanol–water partition coefficient (Wildman–Crippen LogP) is 2.02. The summed E-state index contributed by atoms with van der Waals surface area (Å²) in [5.74, 6) is 0.681. The van der Waals surface area contributed by atoms with Crippen LogP contribution in [0.4, 0.5) is 0 Å². The van der Waals surface area contributed by atoms with E-state index in [0.29, 0.717) is 12.1 Å². The van der Waals surface area contributed by atoms with Gasteiger partial charge in [0.15, 0.2) is 0 Å². The summed E-state index contributed by atoms with van der Waals surface area (Å²) in [4.78, 5) is 11.9. The van der Waals surface area contributed by atoms with Gasteiger partial charge in [0.25, 0.3) is 5.91 Å². The van der Waals surface area contributed by atoms with Crippen LogP contribution in [0.5, 0.6) is 5.75 Å². The summed E-state index contributed by atoms with van der Waals surface area (Å²) in [7, 11) is 1.60. The number of benzene rings is 1. The zero-order valence-corrected chi connectivity index (χ0v) is 11.8. The molecule has 106 valence electrons. The van der Waals surface area contributed by atoms with Gasteiger partial charge in [-0.2, -0.15) is 5.10 Å². The number of nitrogens with zero attached hydrogens (tertiary/aromatic N) is 2. The molecule has 0 spiro atoms. The molecule has 0 unspecified atom stereocenters. The predicted molar refractivity (Wildman–Crippen MR) is 76.9 cm³/mol. The van der Waals surface area contributed by atoms with E-state index in [4.69, 9.17) is 4.74 Å². The first-order chi connectivity index (χ1) is 9.70. The second kappa shape index (κ2) is 6.75. The van der Waals surface area contributed by atoms with Crippen LogP contribution in [-0.2, 0) is 6.54 Å². The lowest BCUT2D eigenvalue weighted by atomic mass is 10.2. The van der Waals surface area contributed by atoms with Crippen LogP contribution < -0.4 is 10.1 Å². The van der Waals surface area contributed by atoms with Gasteiger partial charge in [0.2, 0.25) is 0 Å². The number of methoxy groups -OCH3 is 1. The molecule has 2 aromatic rings. The van der Waals surface area contributed by atoms with Crippen molar-refractivity contribution in [2.45, 2.75) is 19.9 Å². The number of hydrogen-bond donors (Lipinski definition) is 1. The topological polar surface area (TPSA) is 56.1 Å². The maximum absolute atomic E-state index is 11.9. The molecule has 1 heterocycles. The van der Waals surface area contributed by atoms with Crippen molar-refractivity contribution in [1.29, 1.82) is 0 Å². The fraction of sp³-hybridized carbons (Fsp3) is 0.333. The number of rotatable bonds is 6. The molecule has 1 aromatic carbocycles. The Morgan fingerprint density at radius 1 is 1.30 bits per heavy atom. The normalized spacial score (nSPS) is 10.3. The Bertz CT molecular complexity index is 561. The largest absolute Gasteiger partial charge is 0.497 e. The molecule has 0 aliphatic heterocycles. The molecule has 0 radical (unpaired) electrons. The van der Waals surface area contributed by atoms with Crippen molar-refractivity contribution < 1.29 is 9.53 Å². The van der Waals surface area contributed by atoms with E-state index in [1.54, 1.807) is 37.6 Å². The van der Waals surface area contributed by atoms with Crippen LogP contribution in [0.1, 0.15) is 22.5 Å². The summed E-state index contributed by atoms with van der Waals surface area (Å²) in [6.45, 7) is 3.45. The number of carbonyl (C=O) groups is 1. The van der Waals surface area contributed by atoms with E-state index in [-0.39, 0.29) is 5.91 Å². The first-order valence-corrected chi connectivity index (χ1v) is 6.61. The number of ether oxygens (including phenoxy) is 1. The summed E-state index contributed by atoms with van der Waals surface area (Å²) in [5, 5.41) is 7.10. The van der Waals surface area contributed by atoms with Crippen LogP contribution in [0.2, 0.25) is 0 Å². The Balaban J connectivity index is 1.76. The fourth-order valence-electron chi connectivity index (χ4n) is 1.91. The Labute approximate surface area is 118 Å². The first kappa shape index (κ1) is 14.1. The number of carbonyl (C=O) groups excluding carboxylic acids is 1. The van der Waals surface area contributed by atoms with E-state index in [1.165, 1.54) is 0 Å². The molecule has 0 saturated carbocycles. The van der Waals surface area contributed by atoms with Gasteiger partial charge in [-0.05, 0) is 43.7 Å². The van der Waals surface area contributed by atoms with Crippen molar-refractivity contribution >= 4 is 5.91 Å². The SMILES string of the molecule is COc1ccc(C(=O)NCCCn2nccc2C)cc1. The van der Waals surface area contributed by atoms with E-state index < -0.39 is 0 Å². The van der Waals surface area contributed by atoms with Crippen LogP contribution >= 0.6 is 0 Å². The van der Waals surface area contributed by atoms with Crippen LogP contribution in [0.3, 0.4) is 0 Å². The molecule has 0 aliphatic rings. The van der Waals surface area contributed by atoms with Crippen LogP contribution in [-0.4, -0.2) is 29.3 Å².